The van der Waals surface area contributed by atoms with E-state index >= 15 is 0 Å². The fourth-order valence-electron chi connectivity index (χ4n) is 4.03. The van der Waals surface area contributed by atoms with Crippen LogP contribution < -0.4 is 11.1 Å². The summed E-state index contributed by atoms with van der Waals surface area (Å²) in [4.78, 5) is 9.00. The fraction of sp³-hybridized carbons (Fsp3) is 0.333. The summed E-state index contributed by atoms with van der Waals surface area (Å²) >= 11 is 0. The van der Waals surface area contributed by atoms with Crippen LogP contribution in [0.5, 0.6) is 0 Å². The molecule has 29 heavy (non-hydrogen) atoms. The van der Waals surface area contributed by atoms with Crippen LogP contribution >= 0.6 is 0 Å². The SMILES string of the molecule is NC(=NCc1nccn1CCCc1ccccc1)Nc1cccc2c1CCCC2. The van der Waals surface area contributed by atoms with Crippen molar-refractivity contribution in [1.82, 2.24) is 9.55 Å². The van der Waals surface area contributed by atoms with E-state index in [-0.39, 0.29) is 0 Å². The van der Waals surface area contributed by atoms with Crippen LogP contribution in [0.3, 0.4) is 0 Å². The van der Waals surface area contributed by atoms with Gasteiger partial charge in [0.1, 0.15) is 12.4 Å². The number of rotatable bonds is 7. The van der Waals surface area contributed by atoms with Crippen molar-refractivity contribution in [3.05, 3.63) is 83.4 Å². The average molecular weight is 388 g/mol. The number of nitrogens with two attached hydrogens (primary N) is 1. The van der Waals surface area contributed by atoms with Gasteiger partial charge >= 0.3 is 0 Å². The molecule has 4 rings (SSSR count). The maximum absolute atomic E-state index is 6.18. The Morgan fingerprint density at radius 2 is 1.93 bits per heavy atom. The van der Waals surface area contributed by atoms with Crippen LogP contribution in [0.1, 0.15) is 41.8 Å². The van der Waals surface area contributed by atoms with E-state index in [2.05, 4.69) is 68.4 Å². The number of guanidine groups is 1. The Hall–Kier alpha value is -3.08. The minimum atomic E-state index is 0.447. The predicted octanol–water partition coefficient (Wildman–Crippen LogP) is 4.32. The highest BCUT2D eigenvalue weighted by molar-refractivity contribution is 5.93. The van der Waals surface area contributed by atoms with E-state index < -0.39 is 0 Å². The van der Waals surface area contributed by atoms with Gasteiger partial charge in [-0.1, -0.05) is 42.5 Å². The maximum Gasteiger partial charge on any atom is 0.193 e. The van der Waals surface area contributed by atoms with Gasteiger partial charge < -0.3 is 15.6 Å². The monoisotopic (exact) mass is 387 g/mol. The maximum atomic E-state index is 6.18. The zero-order chi connectivity index (χ0) is 19.9. The topological polar surface area (TPSA) is 68.2 Å². The molecule has 1 heterocycles. The molecule has 0 unspecified atom stereocenters. The minimum Gasteiger partial charge on any atom is -0.370 e. The lowest BCUT2D eigenvalue weighted by Gasteiger charge is -2.19. The first-order chi connectivity index (χ1) is 14.3. The molecule has 3 aromatic rings. The van der Waals surface area contributed by atoms with Gasteiger partial charge in [-0.2, -0.15) is 0 Å². The molecule has 0 amide bonds. The van der Waals surface area contributed by atoms with Crippen LogP contribution in [0.4, 0.5) is 5.69 Å². The number of aryl methyl sites for hydroxylation is 3. The Labute approximate surface area is 172 Å². The van der Waals surface area contributed by atoms with Crippen LogP contribution in [0, 0.1) is 0 Å². The molecule has 1 aliphatic carbocycles. The lowest BCUT2D eigenvalue weighted by Crippen LogP contribution is -2.24. The normalized spacial score (nSPS) is 13.9. The van der Waals surface area contributed by atoms with Crippen molar-refractivity contribution < 1.29 is 0 Å². The number of aromatic nitrogens is 2. The molecular weight excluding hydrogens is 358 g/mol. The van der Waals surface area contributed by atoms with E-state index in [1.165, 1.54) is 29.5 Å². The number of anilines is 1. The highest BCUT2D eigenvalue weighted by Crippen LogP contribution is 2.27. The van der Waals surface area contributed by atoms with E-state index in [1.807, 2.05) is 12.4 Å². The molecule has 0 atom stereocenters. The van der Waals surface area contributed by atoms with Crippen molar-refractivity contribution in [2.24, 2.45) is 10.7 Å². The second kappa shape index (κ2) is 9.41. The molecule has 0 bridgehead atoms. The summed E-state index contributed by atoms with van der Waals surface area (Å²) in [6.45, 7) is 1.41. The van der Waals surface area contributed by atoms with Crippen molar-refractivity contribution in [1.29, 1.82) is 0 Å². The quantitative estimate of drug-likeness (QED) is 0.469. The van der Waals surface area contributed by atoms with Gasteiger partial charge in [-0.05, 0) is 61.3 Å². The molecule has 1 aliphatic rings. The minimum absolute atomic E-state index is 0.447. The zero-order valence-electron chi connectivity index (χ0n) is 16.8. The third kappa shape index (κ3) is 5.05. The third-order valence-corrected chi connectivity index (χ3v) is 5.56. The Kier molecular flexibility index (Phi) is 6.25. The number of hydrogen-bond donors (Lipinski definition) is 2. The smallest absolute Gasteiger partial charge is 0.193 e. The Morgan fingerprint density at radius 3 is 2.83 bits per heavy atom. The van der Waals surface area contributed by atoms with Crippen molar-refractivity contribution in [3.8, 4) is 0 Å². The van der Waals surface area contributed by atoms with Crippen LogP contribution in [0.15, 0.2) is 65.9 Å². The Bertz CT molecular complexity index is 958. The summed E-state index contributed by atoms with van der Waals surface area (Å²) in [7, 11) is 0. The largest absolute Gasteiger partial charge is 0.370 e. The van der Waals surface area contributed by atoms with E-state index in [4.69, 9.17) is 5.73 Å². The van der Waals surface area contributed by atoms with Crippen molar-refractivity contribution in [3.63, 3.8) is 0 Å². The molecule has 2 aromatic carbocycles. The van der Waals surface area contributed by atoms with E-state index in [0.717, 1.165) is 43.7 Å². The Balaban J connectivity index is 1.34. The highest BCUT2D eigenvalue weighted by atomic mass is 15.1. The first-order valence-electron chi connectivity index (χ1n) is 10.5. The predicted molar refractivity (Wildman–Crippen MR) is 119 cm³/mol. The van der Waals surface area contributed by atoms with Crippen LogP contribution in [0.2, 0.25) is 0 Å². The van der Waals surface area contributed by atoms with E-state index in [0.29, 0.717) is 12.5 Å². The number of fused-ring (bicyclic) bond motifs is 1. The van der Waals surface area contributed by atoms with Gasteiger partial charge in [0.25, 0.3) is 0 Å². The first-order valence-corrected chi connectivity index (χ1v) is 10.5. The van der Waals surface area contributed by atoms with Crippen LogP contribution in [-0.4, -0.2) is 15.5 Å². The fourth-order valence-corrected chi connectivity index (χ4v) is 4.03. The van der Waals surface area contributed by atoms with Crippen molar-refractivity contribution >= 4 is 11.6 Å². The van der Waals surface area contributed by atoms with Gasteiger partial charge in [-0.3, -0.25) is 0 Å². The Morgan fingerprint density at radius 1 is 1.07 bits per heavy atom. The molecule has 0 spiro atoms. The zero-order valence-corrected chi connectivity index (χ0v) is 16.8. The van der Waals surface area contributed by atoms with Crippen LogP contribution in [0.25, 0.3) is 0 Å². The summed E-state index contributed by atoms with van der Waals surface area (Å²) in [6, 6.07) is 17.0. The van der Waals surface area contributed by atoms with Crippen molar-refractivity contribution in [2.45, 2.75) is 51.6 Å². The summed E-state index contributed by atoms with van der Waals surface area (Å²) in [5, 5.41) is 3.31. The number of nitrogens with one attached hydrogen (secondary N) is 1. The molecule has 0 saturated carbocycles. The second-order valence-electron chi connectivity index (χ2n) is 7.60. The standard InChI is InChI=1S/C24H29N5/c25-24(28-22-14-6-12-20-11-4-5-13-21(20)22)27-18-23-26-15-17-29(23)16-7-10-19-8-2-1-3-9-19/h1-3,6,8-9,12,14-15,17H,4-5,7,10-11,13,16,18H2,(H3,25,27,28). The molecule has 0 saturated heterocycles. The molecule has 0 aliphatic heterocycles. The molecule has 150 valence electrons. The molecule has 3 N–H and O–H groups in total. The third-order valence-electron chi connectivity index (χ3n) is 5.56. The number of nitrogens with zero attached hydrogens (tertiary/aromatic N) is 3. The summed E-state index contributed by atoms with van der Waals surface area (Å²) < 4.78 is 2.17. The van der Waals surface area contributed by atoms with Gasteiger partial charge in [0, 0.05) is 24.6 Å². The second-order valence-corrected chi connectivity index (χ2v) is 7.60. The van der Waals surface area contributed by atoms with Gasteiger partial charge in [-0.25, -0.2) is 9.98 Å². The molecule has 5 heteroatoms. The number of imidazole rings is 1. The molecule has 5 nitrogen and oxygen atoms in total. The molecule has 1 aromatic heterocycles. The first kappa shape index (κ1) is 19.2. The summed E-state index contributed by atoms with van der Waals surface area (Å²) in [5.74, 6) is 1.39. The average Bonchev–Trinajstić information content (AvgIpc) is 3.21. The van der Waals surface area contributed by atoms with E-state index in [9.17, 15) is 0 Å². The van der Waals surface area contributed by atoms with E-state index in [1.54, 1.807) is 0 Å². The lowest BCUT2D eigenvalue weighted by molar-refractivity contribution is 0.611. The molecular formula is C24H29N5. The number of hydrogen-bond acceptors (Lipinski definition) is 2. The van der Waals surface area contributed by atoms with Gasteiger partial charge in [0.05, 0.1) is 0 Å². The van der Waals surface area contributed by atoms with Gasteiger partial charge in [0.2, 0.25) is 0 Å². The number of benzene rings is 2. The summed E-state index contributed by atoms with van der Waals surface area (Å²) in [6.07, 6.45) is 10.8. The number of aliphatic imine (C=N–C) groups is 1. The van der Waals surface area contributed by atoms with Crippen molar-refractivity contribution in [2.75, 3.05) is 5.32 Å². The molecule has 0 fully saturated rings. The van der Waals surface area contributed by atoms with Gasteiger partial charge in [0.15, 0.2) is 5.96 Å². The van der Waals surface area contributed by atoms with Crippen LogP contribution in [-0.2, 0) is 32.4 Å². The van der Waals surface area contributed by atoms with Gasteiger partial charge in [-0.15, -0.1) is 0 Å². The lowest BCUT2D eigenvalue weighted by atomic mass is 9.90. The summed E-state index contributed by atoms with van der Waals surface area (Å²) in [5.41, 5.74) is 11.5. The highest BCUT2D eigenvalue weighted by Gasteiger charge is 2.13. The molecule has 0 radical (unpaired) electrons.